The maximum atomic E-state index is 10.5. The highest BCUT2D eigenvalue weighted by atomic mass is 16.6. The fraction of sp³-hybridized carbons (Fsp3) is 0.917. The van der Waals surface area contributed by atoms with Gasteiger partial charge in [-0.2, -0.15) is 0 Å². The minimum atomic E-state index is -0.189. The number of rotatable bonds is 8. The maximum absolute atomic E-state index is 10.5. The van der Waals surface area contributed by atoms with E-state index in [1.807, 2.05) is 0 Å². The Morgan fingerprint density at radius 3 is 2.47 bits per heavy atom. The van der Waals surface area contributed by atoms with Crippen molar-refractivity contribution in [2.75, 3.05) is 6.61 Å². The third-order valence-electron chi connectivity index (χ3n) is 2.72. The van der Waals surface area contributed by atoms with Gasteiger partial charge in [0.1, 0.15) is 0 Å². The average molecular weight is 214 g/mol. The smallest absolute Gasteiger partial charge is 0.302 e. The standard InChI is InChI=1S/C12H22O3/c1-3-4-5-7-11-12(15-11)8-6-9-14-10(2)13/h11-12H,3-9H2,1-2H3/t11-,12+/m0/s1. The topological polar surface area (TPSA) is 38.8 Å². The van der Waals surface area contributed by atoms with Gasteiger partial charge in [-0.15, -0.1) is 0 Å². The van der Waals surface area contributed by atoms with Crippen LogP contribution in [0.5, 0.6) is 0 Å². The number of unbranched alkanes of at least 4 members (excludes halogenated alkanes) is 2. The third kappa shape index (κ3) is 5.78. The van der Waals surface area contributed by atoms with Crippen molar-refractivity contribution in [2.24, 2.45) is 0 Å². The third-order valence-corrected chi connectivity index (χ3v) is 2.72. The van der Waals surface area contributed by atoms with Gasteiger partial charge in [0.2, 0.25) is 0 Å². The lowest BCUT2D eigenvalue weighted by molar-refractivity contribution is -0.141. The normalized spacial score (nSPS) is 23.9. The number of esters is 1. The Kier molecular flexibility index (Phi) is 5.69. The van der Waals surface area contributed by atoms with Gasteiger partial charge in [0.15, 0.2) is 0 Å². The van der Waals surface area contributed by atoms with Gasteiger partial charge < -0.3 is 9.47 Å². The molecule has 0 aliphatic carbocycles. The van der Waals surface area contributed by atoms with Gasteiger partial charge in [-0.25, -0.2) is 0 Å². The molecule has 1 rings (SSSR count). The van der Waals surface area contributed by atoms with Crippen LogP contribution < -0.4 is 0 Å². The molecule has 0 N–H and O–H groups in total. The first-order chi connectivity index (χ1) is 7.24. The number of epoxide rings is 1. The van der Waals surface area contributed by atoms with E-state index < -0.39 is 0 Å². The fourth-order valence-corrected chi connectivity index (χ4v) is 1.78. The summed E-state index contributed by atoms with van der Waals surface area (Å²) in [6.45, 7) is 4.20. The molecule has 88 valence electrons. The molecule has 0 amide bonds. The van der Waals surface area contributed by atoms with E-state index in [0.29, 0.717) is 18.8 Å². The summed E-state index contributed by atoms with van der Waals surface area (Å²) in [5.74, 6) is -0.189. The van der Waals surface area contributed by atoms with Crippen molar-refractivity contribution in [3.05, 3.63) is 0 Å². The maximum Gasteiger partial charge on any atom is 0.302 e. The van der Waals surface area contributed by atoms with Crippen LogP contribution in [0.3, 0.4) is 0 Å². The highest BCUT2D eigenvalue weighted by Crippen LogP contribution is 2.30. The summed E-state index contributed by atoms with van der Waals surface area (Å²) in [6.07, 6.45) is 7.95. The highest BCUT2D eigenvalue weighted by molar-refractivity contribution is 5.65. The molecule has 1 heterocycles. The van der Waals surface area contributed by atoms with E-state index in [2.05, 4.69) is 6.92 Å². The second kappa shape index (κ2) is 6.83. The van der Waals surface area contributed by atoms with Crippen LogP contribution in [-0.4, -0.2) is 24.8 Å². The van der Waals surface area contributed by atoms with E-state index in [1.54, 1.807) is 0 Å². The van der Waals surface area contributed by atoms with Crippen molar-refractivity contribution in [1.82, 2.24) is 0 Å². The zero-order valence-electron chi connectivity index (χ0n) is 9.83. The SMILES string of the molecule is CCCCC[C@@H]1O[C@@H]1CCCOC(C)=O. The van der Waals surface area contributed by atoms with Crippen LogP contribution in [-0.2, 0) is 14.3 Å². The molecule has 0 aromatic rings. The first kappa shape index (κ1) is 12.5. The molecule has 2 atom stereocenters. The van der Waals surface area contributed by atoms with Crippen molar-refractivity contribution in [1.29, 1.82) is 0 Å². The molecule has 0 unspecified atom stereocenters. The molecule has 3 nitrogen and oxygen atoms in total. The van der Waals surface area contributed by atoms with Crippen molar-refractivity contribution in [2.45, 2.75) is 64.6 Å². The predicted molar refractivity (Wildman–Crippen MR) is 58.7 cm³/mol. The summed E-state index contributed by atoms with van der Waals surface area (Å²) in [6, 6.07) is 0. The van der Waals surface area contributed by atoms with Crippen LogP contribution in [0, 0.1) is 0 Å². The number of hydrogen-bond donors (Lipinski definition) is 0. The summed E-state index contributed by atoms with van der Waals surface area (Å²) in [5.41, 5.74) is 0. The fourth-order valence-electron chi connectivity index (χ4n) is 1.78. The Balaban J connectivity index is 1.86. The van der Waals surface area contributed by atoms with E-state index >= 15 is 0 Å². The molecule has 15 heavy (non-hydrogen) atoms. The minimum absolute atomic E-state index is 0.189. The molecule has 3 heteroatoms. The zero-order chi connectivity index (χ0) is 11.1. The summed E-state index contributed by atoms with van der Waals surface area (Å²) < 4.78 is 10.4. The molecule has 1 saturated heterocycles. The molecular formula is C12H22O3. The van der Waals surface area contributed by atoms with Crippen LogP contribution >= 0.6 is 0 Å². The summed E-state index contributed by atoms with van der Waals surface area (Å²) in [4.78, 5) is 10.5. The average Bonchev–Trinajstić information content (AvgIpc) is 2.92. The molecule has 0 aromatic carbocycles. The van der Waals surface area contributed by atoms with Gasteiger partial charge in [-0.3, -0.25) is 4.79 Å². The van der Waals surface area contributed by atoms with Crippen LogP contribution in [0.4, 0.5) is 0 Å². The van der Waals surface area contributed by atoms with Crippen molar-refractivity contribution >= 4 is 5.97 Å². The predicted octanol–water partition coefficient (Wildman–Crippen LogP) is 2.68. The lowest BCUT2D eigenvalue weighted by atomic mass is 10.1. The van der Waals surface area contributed by atoms with Gasteiger partial charge in [0.05, 0.1) is 18.8 Å². The Bertz CT molecular complexity index is 191. The van der Waals surface area contributed by atoms with Crippen molar-refractivity contribution in [3.63, 3.8) is 0 Å². The monoisotopic (exact) mass is 214 g/mol. The molecule has 1 aliphatic rings. The summed E-state index contributed by atoms with van der Waals surface area (Å²) in [7, 11) is 0. The summed E-state index contributed by atoms with van der Waals surface area (Å²) >= 11 is 0. The van der Waals surface area contributed by atoms with Gasteiger partial charge in [-0.05, 0) is 19.3 Å². The van der Waals surface area contributed by atoms with E-state index in [-0.39, 0.29) is 5.97 Å². The molecule has 0 saturated carbocycles. The number of ether oxygens (including phenoxy) is 2. The summed E-state index contributed by atoms with van der Waals surface area (Å²) in [5, 5.41) is 0. The first-order valence-electron chi connectivity index (χ1n) is 6.03. The first-order valence-corrected chi connectivity index (χ1v) is 6.03. The quantitative estimate of drug-likeness (QED) is 0.354. The Hall–Kier alpha value is -0.570. The largest absolute Gasteiger partial charge is 0.466 e. The molecule has 0 aromatic heterocycles. The van der Waals surface area contributed by atoms with Crippen molar-refractivity contribution in [3.8, 4) is 0 Å². The van der Waals surface area contributed by atoms with Gasteiger partial charge in [-0.1, -0.05) is 26.2 Å². The van der Waals surface area contributed by atoms with Crippen molar-refractivity contribution < 1.29 is 14.3 Å². The lowest BCUT2D eigenvalue weighted by Gasteiger charge is -1.99. The Morgan fingerprint density at radius 2 is 1.87 bits per heavy atom. The second-order valence-corrected chi connectivity index (χ2v) is 4.19. The number of hydrogen-bond acceptors (Lipinski definition) is 3. The van der Waals surface area contributed by atoms with Gasteiger partial charge in [0.25, 0.3) is 0 Å². The number of carbonyl (C=O) groups is 1. The lowest BCUT2D eigenvalue weighted by Crippen LogP contribution is -2.02. The van der Waals surface area contributed by atoms with Crippen LogP contribution in [0.25, 0.3) is 0 Å². The van der Waals surface area contributed by atoms with Crippen LogP contribution in [0.1, 0.15) is 52.4 Å². The van der Waals surface area contributed by atoms with Crippen LogP contribution in [0.2, 0.25) is 0 Å². The van der Waals surface area contributed by atoms with Gasteiger partial charge in [0, 0.05) is 6.92 Å². The number of carbonyl (C=O) groups excluding carboxylic acids is 1. The minimum Gasteiger partial charge on any atom is -0.466 e. The molecule has 0 radical (unpaired) electrons. The zero-order valence-corrected chi connectivity index (χ0v) is 9.83. The molecule has 0 spiro atoms. The Morgan fingerprint density at radius 1 is 1.20 bits per heavy atom. The van der Waals surface area contributed by atoms with E-state index in [1.165, 1.54) is 32.6 Å². The van der Waals surface area contributed by atoms with E-state index in [9.17, 15) is 4.79 Å². The van der Waals surface area contributed by atoms with Gasteiger partial charge >= 0.3 is 5.97 Å². The highest BCUT2D eigenvalue weighted by Gasteiger charge is 2.36. The molecule has 1 fully saturated rings. The molecule has 1 aliphatic heterocycles. The second-order valence-electron chi connectivity index (χ2n) is 4.19. The van der Waals surface area contributed by atoms with Crippen LogP contribution in [0.15, 0.2) is 0 Å². The van der Waals surface area contributed by atoms with E-state index in [4.69, 9.17) is 9.47 Å². The molecule has 0 bridgehead atoms. The molecular weight excluding hydrogens is 192 g/mol. The Labute approximate surface area is 92.1 Å². The van der Waals surface area contributed by atoms with E-state index in [0.717, 1.165) is 12.8 Å².